The molecule has 0 unspecified atom stereocenters. The van der Waals surface area contributed by atoms with E-state index >= 15 is 0 Å². The number of nitrogens with zero attached hydrogens (tertiary/aromatic N) is 1. The molecule has 0 radical (unpaired) electrons. The second-order valence-corrected chi connectivity index (χ2v) is 6.02. The molecule has 3 aromatic rings. The first-order valence-corrected chi connectivity index (χ1v) is 8.38. The van der Waals surface area contributed by atoms with Gasteiger partial charge in [-0.05, 0) is 42.3 Å². The molecule has 0 atom stereocenters. The zero-order valence-electron chi connectivity index (χ0n) is 13.6. The Hall–Kier alpha value is -2.85. The summed E-state index contributed by atoms with van der Waals surface area (Å²) < 4.78 is 0. The minimum absolute atomic E-state index is 0.136. The van der Waals surface area contributed by atoms with Crippen LogP contribution in [0, 0.1) is 0 Å². The second kappa shape index (κ2) is 8.31. The molecule has 0 spiro atoms. The lowest BCUT2D eigenvalue weighted by molar-refractivity contribution is 0.0954. The molecule has 3 rings (SSSR count). The van der Waals surface area contributed by atoms with Gasteiger partial charge in [0.1, 0.15) is 0 Å². The van der Waals surface area contributed by atoms with E-state index in [4.69, 9.17) is 11.6 Å². The van der Waals surface area contributed by atoms with Gasteiger partial charge in [-0.15, -0.1) is 0 Å². The van der Waals surface area contributed by atoms with E-state index in [1.807, 2.05) is 42.5 Å². The molecule has 0 saturated carbocycles. The number of anilines is 2. The molecule has 1 aromatic heterocycles. The Labute approximate surface area is 151 Å². The van der Waals surface area contributed by atoms with Crippen molar-refractivity contribution in [3.63, 3.8) is 0 Å². The van der Waals surface area contributed by atoms with E-state index in [1.165, 1.54) is 5.56 Å². The number of rotatable bonds is 6. The topological polar surface area (TPSA) is 54.0 Å². The molecule has 5 heteroatoms. The van der Waals surface area contributed by atoms with Crippen LogP contribution in [0.2, 0.25) is 5.02 Å². The summed E-state index contributed by atoms with van der Waals surface area (Å²) in [7, 11) is 0. The van der Waals surface area contributed by atoms with Crippen molar-refractivity contribution in [2.45, 2.75) is 6.42 Å². The third kappa shape index (κ3) is 5.06. The summed E-state index contributed by atoms with van der Waals surface area (Å²) in [5.74, 6) is -0.136. The maximum Gasteiger partial charge on any atom is 0.252 e. The first-order valence-electron chi connectivity index (χ1n) is 8.00. The standard InChI is InChI=1S/C20H18ClN3O/c21-17-6-8-18(9-7-17)24-19-12-16(13-22-14-19)20(25)23-11-10-15-4-2-1-3-5-15/h1-9,12-14,24H,10-11H2,(H,23,25). The summed E-state index contributed by atoms with van der Waals surface area (Å²) >= 11 is 5.88. The van der Waals surface area contributed by atoms with Gasteiger partial charge < -0.3 is 10.6 Å². The maximum absolute atomic E-state index is 12.3. The van der Waals surface area contributed by atoms with Gasteiger partial charge in [-0.25, -0.2) is 0 Å². The second-order valence-electron chi connectivity index (χ2n) is 5.59. The maximum atomic E-state index is 12.3. The van der Waals surface area contributed by atoms with Crippen molar-refractivity contribution in [2.24, 2.45) is 0 Å². The van der Waals surface area contributed by atoms with Crippen LogP contribution < -0.4 is 10.6 Å². The smallest absolute Gasteiger partial charge is 0.252 e. The van der Waals surface area contributed by atoms with Gasteiger partial charge in [0.25, 0.3) is 5.91 Å². The van der Waals surface area contributed by atoms with Crippen LogP contribution in [0.15, 0.2) is 73.1 Å². The number of aromatic nitrogens is 1. The summed E-state index contributed by atoms with van der Waals surface area (Å²) in [6.07, 6.45) is 4.03. The number of halogens is 1. The Morgan fingerprint density at radius 3 is 2.48 bits per heavy atom. The molecule has 1 amide bonds. The highest BCUT2D eigenvalue weighted by molar-refractivity contribution is 6.30. The van der Waals surface area contributed by atoms with Crippen LogP contribution in [0.1, 0.15) is 15.9 Å². The van der Waals surface area contributed by atoms with Crippen molar-refractivity contribution < 1.29 is 4.79 Å². The predicted molar refractivity (Wildman–Crippen MR) is 101 cm³/mol. The average Bonchev–Trinajstić information content (AvgIpc) is 2.65. The molecule has 4 nitrogen and oxygen atoms in total. The molecule has 0 fully saturated rings. The van der Waals surface area contributed by atoms with E-state index in [0.717, 1.165) is 17.8 Å². The summed E-state index contributed by atoms with van der Waals surface area (Å²) in [5.41, 5.74) is 3.34. The van der Waals surface area contributed by atoms with Crippen molar-refractivity contribution in [2.75, 3.05) is 11.9 Å². The minimum Gasteiger partial charge on any atom is -0.354 e. The van der Waals surface area contributed by atoms with E-state index in [1.54, 1.807) is 30.6 Å². The third-order valence-electron chi connectivity index (χ3n) is 3.68. The Morgan fingerprint density at radius 2 is 1.72 bits per heavy atom. The monoisotopic (exact) mass is 351 g/mol. The third-order valence-corrected chi connectivity index (χ3v) is 3.93. The number of benzene rings is 2. The number of carbonyl (C=O) groups excluding carboxylic acids is 1. The van der Waals surface area contributed by atoms with Gasteiger partial charge in [0, 0.05) is 23.5 Å². The van der Waals surface area contributed by atoms with Gasteiger partial charge in [0.2, 0.25) is 0 Å². The highest BCUT2D eigenvalue weighted by Crippen LogP contribution is 2.19. The van der Waals surface area contributed by atoms with Gasteiger partial charge in [-0.1, -0.05) is 41.9 Å². The van der Waals surface area contributed by atoms with Gasteiger partial charge >= 0.3 is 0 Å². The molecule has 126 valence electrons. The molecule has 25 heavy (non-hydrogen) atoms. The van der Waals surface area contributed by atoms with Crippen LogP contribution in [0.25, 0.3) is 0 Å². The summed E-state index contributed by atoms with van der Waals surface area (Å²) in [6, 6.07) is 19.2. The molecular weight excluding hydrogens is 334 g/mol. The lowest BCUT2D eigenvalue weighted by Crippen LogP contribution is -2.25. The fraction of sp³-hybridized carbons (Fsp3) is 0.100. The largest absolute Gasteiger partial charge is 0.354 e. The zero-order valence-corrected chi connectivity index (χ0v) is 14.3. The molecule has 0 aliphatic heterocycles. The zero-order chi connectivity index (χ0) is 17.5. The molecule has 0 saturated heterocycles. The molecular formula is C20H18ClN3O. The van der Waals surface area contributed by atoms with E-state index in [9.17, 15) is 4.79 Å². The van der Waals surface area contributed by atoms with Gasteiger partial charge in [-0.3, -0.25) is 9.78 Å². The Kier molecular flexibility index (Phi) is 5.65. The normalized spacial score (nSPS) is 10.3. The molecule has 0 bridgehead atoms. The highest BCUT2D eigenvalue weighted by atomic mass is 35.5. The number of hydrogen-bond acceptors (Lipinski definition) is 3. The number of carbonyl (C=O) groups is 1. The number of nitrogens with one attached hydrogen (secondary N) is 2. The predicted octanol–water partition coefficient (Wildman–Crippen LogP) is 4.45. The van der Waals surface area contributed by atoms with E-state index in [2.05, 4.69) is 15.6 Å². The summed E-state index contributed by atoms with van der Waals surface area (Å²) in [6.45, 7) is 0.581. The van der Waals surface area contributed by atoms with Gasteiger partial charge in [-0.2, -0.15) is 0 Å². The minimum atomic E-state index is -0.136. The number of pyridine rings is 1. The summed E-state index contributed by atoms with van der Waals surface area (Å²) in [5, 5.41) is 6.81. The fourth-order valence-corrected chi connectivity index (χ4v) is 2.53. The van der Waals surface area contributed by atoms with Gasteiger partial charge in [0.05, 0.1) is 17.4 Å². The van der Waals surface area contributed by atoms with E-state index < -0.39 is 0 Å². The molecule has 2 N–H and O–H groups in total. The van der Waals surface area contributed by atoms with Crippen LogP contribution in [-0.4, -0.2) is 17.4 Å². The molecule has 0 aliphatic rings. The van der Waals surface area contributed by atoms with Gasteiger partial charge in [0.15, 0.2) is 0 Å². The van der Waals surface area contributed by atoms with E-state index in [-0.39, 0.29) is 5.91 Å². The number of hydrogen-bond donors (Lipinski definition) is 2. The summed E-state index contributed by atoms with van der Waals surface area (Å²) in [4.78, 5) is 16.4. The molecule has 0 aliphatic carbocycles. The van der Waals surface area contributed by atoms with Crippen LogP contribution in [-0.2, 0) is 6.42 Å². The van der Waals surface area contributed by atoms with Crippen molar-refractivity contribution in [1.29, 1.82) is 0 Å². The number of amides is 1. The van der Waals surface area contributed by atoms with Crippen LogP contribution in [0.5, 0.6) is 0 Å². The van der Waals surface area contributed by atoms with Crippen molar-refractivity contribution in [3.8, 4) is 0 Å². The first kappa shape index (κ1) is 17.0. The lowest BCUT2D eigenvalue weighted by atomic mass is 10.1. The lowest BCUT2D eigenvalue weighted by Gasteiger charge is -2.09. The van der Waals surface area contributed by atoms with Crippen molar-refractivity contribution in [3.05, 3.63) is 89.2 Å². The van der Waals surface area contributed by atoms with E-state index in [0.29, 0.717) is 17.1 Å². The quantitative estimate of drug-likeness (QED) is 0.689. The molecule has 2 aromatic carbocycles. The average molecular weight is 352 g/mol. The highest BCUT2D eigenvalue weighted by Gasteiger charge is 2.07. The molecule has 1 heterocycles. The van der Waals surface area contributed by atoms with Crippen LogP contribution in [0.3, 0.4) is 0 Å². The SMILES string of the molecule is O=C(NCCc1ccccc1)c1cncc(Nc2ccc(Cl)cc2)c1. The first-order chi connectivity index (χ1) is 12.2. The van der Waals surface area contributed by atoms with Crippen molar-refractivity contribution in [1.82, 2.24) is 10.3 Å². The fourth-order valence-electron chi connectivity index (χ4n) is 2.40. The Morgan fingerprint density at radius 1 is 0.960 bits per heavy atom. The van der Waals surface area contributed by atoms with Crippen LogP contribution >= 0.6 is 11.6 Å². The van der Waals surface area contributed by atoms with Crippen LogP contribution in [0.4, 0.5) is 11.4 Å². The Bertz CT molecular complexity index is 835. The van der Waals surface area contributed by atoms with Crippen molar-refractivity contribution >= 4 is 28.9 Å². The Balaban J connectivity index is 1.58.